The Balaban J connectivity index is 2.36. The molecule has 0 aromatic rings. The molecule has 1 atom stereocenters. The van der Waals surface area contributed by atoms with Gasteiger partial charge in [0.25, 0.3) is 0 Å². The highest BCUT2D eigenvalue weighted by Crippen LogP contribution is 2.04. The summed E-state index contributed by atoms with van der Waals surface area (Å²) in [5, 5.41) is 0. The zero-order valence-corrected chi connectivity index (χ0v) is 4.22. The Morgan fingerprint density at radius 2 is 2.57 bits per heavy atom. The zero-order valence-electron chi connectivity index (χ0n) is 4.22. The topological polar surface area (TPSA) is 36.2 Å². The predicted octanol–water partition coefficient (Wildman–Crippen LogP) is 0.850. The van der Waals surface area contributed by atoms with Gasteiger partial charge in [0.1, 0.15) is 6.17 Å². The molecule has 0 aromatic heterocycles. The lowest BCUT2D eigenvalue weighted by Gasteiger charge is -2.07. The van der Waals surface area contributed by atoms with Crippen molar-refractivity contribution < 1.29 is 0 Å². The highest BCUT2D eigenvalue weighted by atomic mass is 14.9. The molecule has 0 amide bonds. The summed E-state index contributed by atoms with van der Waals surface area (Å²) in [6.07, 6.45) is 4.89. The van der Waals surface area contributed by atoms with Crippen molar-refractivity contribution in [3.05, 3.63) is 0 Å². The molecule has 0 saturated heterocycles. The first-order valence-electron chi connectivity index (χ1n) is 2.62. The van der Waals surface area contributed by atoms with E-state index in [1.165, 1.54) is 0 Å². The van der Waals surface area contributed by atoms with Crippen LogP contribution in [0.25, 0.3) is 0 Å². The molecule has 39 valence electrons. The van der Waals surface area contributed by atoms with E-state index in [1.54, 1.807) is 0 Å². The molecule has 0 bridgehead atoms. The van der Waals surface area contributed by atoms with Crippen molar-refractivity contribution in [2.45, 2.75) is 25.4 Å². The predicted molar refractivity (Wildman–Crippen MR) is 29.2 cm³/mol. The molecule has 1 unspecified atom stereocenters. The van der Waals surface area contributed by atoms with Crippen LogP contribution >= 0.6 is 0 Å². The number of hydrogen-bond acceptors (Lipinski definition) is 1. The van der Waals surface area contributed by atoms with Gasteiger partial charge in [-0.2, -0.15) is 0 Å². The van der Waals surface area contributed by atoms with E-state index < -0.39 is 0 Å². The normalized spacial score (nSPS) is 30.7. The van der Waals surface area contributed by atoms with Gasteiger partial charge in [0.2, 0.25) is 0 Å². The molecule has 1 aliphatic rings. The van der Waals surface area contributed by atoms with E-state index in [1.807, 2.05) is 6.21 Å². The van der Waals surface area contributed by atoms with Crippen molar-refractivity contribution in [1.82, 2.24) is 5.73 Å². The molecular formula is C5H9N2. The van der Waals surface area contributed by atoms with Gasteiger partial charge in [0, 0.05) is 6.21 Å². The molecule has 1 heterocycles. The maximum Gasteiger partial charge on any atom is 0.111 e. The Bertz CT molecular complexity index is 78.1. The maximum absolute atomic E-state index is 7.07. The summed E-state index contributed by atoms with van der Waals surface area (Å²) in [7, 11) is 0. The number of rotatable bonds is 0. The smallest absolute Gasteiger partial charge is 0.111 e. The van der Waals surface area contributed by atoms with Crippen molar-refractivity contribution in [1.29, 1.82) is 0 Å². The quantitative estimate of drug-likeness (QED) is 0.429. The average molecular weight is 97.1 g/mol. The van der Waals surface area contributed by atoms with Crippen LogP contribution < -0.4 is 5.73 Å². The Labute approximate surface area is 43.4 Å². The van der Waals surface area contributed by atoms with Crippen LogP contribution in [0.15, 0.2) is 4.99 Å². The van der Waals surface area contributed by atoms with Gasteiger partial charge in [0.05, 0.1) is 0 Å². The lowest BCUT2D eigenvalue weighted by molar-refractivity contribution is 0.580. The third kappa shape index (κ3) is 1.27. The van der Waals surface area contributed by atoms with Crippen molar-refractivity contribution in [2.24, 2.45) is 4.99 Å². The molecule has 1 N–H and O–H groups in total. The molecule has 7 heavy (non-hydrogen) atoms. The van der Waals surface area contributed by atoms with Gasteiger partial charge in [-0.05, 0) is 19.3 Å². The lowest BCUT2D eigenvalue weighted by atomic mass is 10.2. The minimum atomic E-state index is -0.145. The van der Waals surface area contributed by atoms with E-state index in [9.17, 15) is 0 Å². The van der Waals surface area contributed by atoms with Crippen LogP contribution in [0.3, 0.4) is 0 Å². The molecule has 2 nitrogen and oxygen atoms in total. The van der Waals surface area contributed by atoms with E-state index in [0.29, 0.717) is 0 Å². The summed E-state index contributed by atoms with van der Waals surface area (Å²) in [5.41, 5.74) is 7.07. The molecule has 1 radical (unpaired) electrons. The van der Waals surface area contributed by atoms with Crippen LogP contribution in [-0.2, 0) is 0 Å². The molecular weight excluding hydrogens is 88.1 g/mol. The van der Waals surface area contributed by atoms with Crippen LogP contribution in [-0.4, -0.2) is 12.4 Å². The summed E-state index contributed by atoms with van der Waals surface area (Å²) in [6.45, 7) is 0. The highest BCUT2D eigenvalue weighted by Gasteiger charge is 2.01. The van der Waals surface area contributed by atoms with E-state index in [2.05, 4.69) is 4.99 Å². The molecule has 0 spiro atoms. The second-order valence-electron chi connectivity index (χ2n) is 1.78. The summed E-state index contributed by atoms with van der Waals surface area (Å²) in [6, 6.07) is 0. The van der Waals surface area contributed by atoms with E-state index >= 15 is 0 Å². The Kier molecular flexibility index (Phi) is 1.42. The minimum Gasteiger partial charge on any atom is -0.277 e. The minimum absolute atomic E-state index is 0.145. The largest absolute Gasteiger partial charge is 0.277 e. The first-order chi connectivity index (χ1) is 3.39. The fourth-order valence-corrected chi connectivity index (χ4v) is 0.679. The van der Waals surface area contributed by atoms with Crippen LogP contribution in [0.2, 0.25) is 0 Å². The van der Waals surface area contributed by atoms with Crippen LogP contribution in [0.5, 0.6) is 0 Å². The van der Waals surface area contributed by atoms with E-state index in [-0.39, 0.29) is 6.17 Å². The maximum atomic E-state index is 7.07. The van der Waals surface area contributed by atoms with Crippen LogP contribution in [0.4, 0.5) is 0 Å². The second-order valence-corrected chi connectivity index (χ2v) is 1.78. The standard InChI is InChI=1S/C5H9N2/c6-5-3-1-2-4-7-5/h4-6H,1-3H2. The molecule has 0 aliphatic carbocycles. The summed E-state index contributed by atoms with van der Waals surface area (Å²) in [5.74, 6) is 0. The fraction of sp³-hybridized carbons (Fsp3) is 0.800. The molecule has 0 fully saturated rings. The Hall–Kier alpha value is -0.370. The monoisotopic (exact) mass is 97.1 g/mol. The third-order valence-corrected chi connectivity index (χ3v) is 1.10. The average Bonchev–Trinajstić information content (AvgIpc) is 1.69. The lowest BCUT2D eigenvalue weighted by Crippen LogP contribution is -2.08. The van der Waals surface area contributed by atoms with Crippen molar-refractivity contribution in [2.75, 3.05) is 0 Å². The Morgan fingerprint density at radius 3 is 2.86 bits per heavy atom. The van der Waals surface area contributed by atoms with Gasteiger partial charge in [-0.3, -0.25) is 4.99 Å². The van der Waals surface area contributed by atoms with Gasteiger partial charge < -0.3 is 0 Å². The van der Waals surface area contributed by atoms with Crippen molar-refractivity contribution in [3.8, 4) is 0 Å². The number of hydrogen-bond donors (Lipinski definition) is 0. The number of aliphatic imine (C=N–C) groups is 1. The summed E-state index contributed by atoms with van der Waals surface area (Å²) in [4.78, 5) is 3.87. The molecule has 0 saturated carbocycles. The zero-order chi connectivity index (χ0) is 5.11. The van der Waals surface area contributed by atoms with Gasteiger partial charge in [-0.15, -0.1) is 0 Å². The van der Waals surface area contributed by atoms with Crippen molar-refractivity contribution >= 4 is 6.21 Å². The fourth-order valence-electron chi connectivity index (χ4n) is 0.679. The molecule has 1 rings (SSSR count). The molecule has 2 heteroatoms. The Morgan fingerprint density at radius 1 is 1.71 bits per heavy atom. The van der Waals surface area contributed by atoms with Gasteiger partial charge in [-0.25, -0.2) is 5.73 Å². The van der Waals surface area contributed by atoms with E-state index in [4.69, 9.17) is 5.73 Å². The molecule has 0 aromatic carbocycles. The third-order valence-electron chi connectivity index (χ3n) is 1.10. The van der Waals surface area contributed by atoms with E-state index in [0.717, 1.165) is 19.3 Å². The molecule has 1 aliphatic heterocycles. The summed E-state index contributed by atoms with van der Waals surface area (Å²) < 4.78 is 0. The van der Waals surface area contributed by atoms with Crippen LogP contribution in [0.1, 0.15) is 19.3 Å². The number of nitrogens with one attached hydrogen (secondary N) is 1. The first kappa shape index (κ1) is 4.78. The SMILES string of the molecule is [NH]C1CCCC=N1. The number of nitrogens with zero attached hydrogens (tertiary/aromatic N) is 1. The van der Waals surface area contributed by atoms with Gasteiger partial charge in [-0.1, -0.05) is 0 Å². The van der Waals surface area contributed by atoms with Gasteiger partial charge in [0.15, 0.2) is 0 Å². The van der Waals surface area contributed by atoms with Gasteiger partial charge >= 0.3 is 0 Å². The van der Waals surface area contributed by atoms with Crippen LogP contribution in [0, 0.1) is 0 Å². The highest BCUT2D eigenvalue weighted by molar-refractivity contribution is 5.58. The summed E-state index contributed by atoms with van der Waals surface area (Å²) >= 11 is 0. The van der Waals surface area contributed by atoms with Crippen molar-refractivity contribution in [3.63, 3.8) is 0 Å². The second kappa shape index (κ2) is 2.07. The first-order valence-corrected chi connectivity index (χ1v) is 2.62.